The number of hydrogen-bond acceptors (Lipinski definition) is 4. The smallest absolute Gasteiger partial charge is 0.143 e. The molecule has 3 aromatic rings. The van der Waals surface area contributed by atoms with E-state index in [-0.39, 0.29) is 19.0 Å². The third-order valence-electron chi connectivity index (χ3n) is 3.88. The number of ether oxygens (including phenoxy) is 1. The van der Waals surface area contributed by atoms with Crippen molar-refractivity contribution in [2.24, 2.45) is 5.16 Å². The van der Waals surface area contributed by atoms with Crippen LogP contribution in [0.5, 0.6) is 5.75 Å². The minimum Gasteiger partial charge on any atom is -0.488 e. The second kappa shape index (κ2) is 9.16. The van der Waals surface area contributed by atoms with Crippen LogP contribution in [0.25, 0.3) is 0 Å². The van der Waals surface area contributed by atoms with Crippen LogP contribution in [-0.2, 0) is 18.1 Å². The van der Waals surface area contributed by atoms with E-state index in [0.717, 1.165) is 5.56 Å². The molecule has 134 valence electrons. The van der Waals surface area contributed by atoms with Gasteiger partial charge in [-0.15, -0.1) is 0 Å². The molecule has 3 aromatic carbocycles. The minimum absolute atomic E-state index is 0.119. The van der Waals surface area contributed by atoms with E-state index >= 15 is 0 Å². The first-order valence-electron chi connectivity index (χ1n) is 8.36. The molecule has 27 heavy (non-hydrogen) atoms. The van der Waals surface area contributed by atoms with Crippen molar-refractivity contribution < 1.29 is 14.0 Å². The summed E-state index contributed by atoms with van der Waals surface area (Å²) in [6.45, 7) is 0.312. The molecule has 4 nitrogen and oxygen atoms in total. The van der Waals surface area contributed by atoms with Crippen molar-refractivity contribution >= 4 is 6.21 Å². The van der Waals surface area contributed by atoms with Crippen molar-refractivity contribution in [2.75, 3.05) is 0 Å². The molecule has 0 saturated heterocycles. The summed E-state index contributed by atoms with van der Waals surface area (Å²) in [7, 11) is 0. The lowest BCUT2D eigenvalue weighted by molar-refractivity contribution is 0.132. The fourth-order valence-corrected chi connectivity index (χ4v) is 2.45. The van der Waals surface area contributed by atoms with Crippen LogP contribution in [0, 0.1) is 17.1 Å². The van der Waals surface area contributed by atoms with Gasteiger partial charge in [-0.05, 0) is 24.3 Å². The molecule has 0 aliphatic rings. The van der Waals surface area contributed by atoms with E-state index in [1.54, 1.807) is 36.4 Å². The Morgan fingerprint density at radius 1 is 0.889 bits per heavy atom. The predicted molar refractivity (Wildman–Crippen MR) is 101 cm³/mol. The summed E-state index contributed by atoms with van der Waals surface area (Å²) in [5, 5.41) is 13.0. The number of nitriles is 1. The summed E-state index contributed by atoms with van der Waals surface area (Å²) < 4.78 is 19.4. The molecule has 0 N–H and O–H groups in total. The van der Waals surface area contributed by atoms with Crippen LogP contribution in [0.3, 0.4) is 0 Å². The standard InChI is InChI=1S/C22H17FN2O2/c23-21-11-5-3-10-20(21)15-26-22-12-6-4-8-18(22)14-25-27-16-19-9-2-1-7-17(19)13-24/h1-12,14H,15-16H2/b25-14-. The Kier molecular flexibility index (Phi) is 6.16. The van der Waals surface area contributed by atoms with Crippen molar-refractivity contribution in [1.82, 2.24) is 0 Å². The fourth-order valence-electron chi connectivity index (χ4n) is 2.45. The molecule has 0 atom stereocenters. The lowest BCUT2D eigenvalue weighted by Gasteiger charge is -2.09. The molecule has 0 unspecified atom stereocenters. The van der Waals surface area contributed by atoms with E-state index in [0.29, 0.717) is 22.4 Å². The number of oxime groups is 1. The van der Waals surface area contributed by atoms with Crippen LogP contribution >= 0.6 is 0 Å². The summed E-state index contributed by atoms with van der Waals surface area (Å²) in [5.41, 5.74) is 2.51. The molecule has 0 aliphatic heterocycles. The third-order valence-corrected chi connectivity index (χ3v) is 3.88. The van der Waals surface area contributed by atoms with Crippen molar-refractivity contribution in [2.45, 2.75) is 13.2 Å². The summed E-state index contributed by atoms with van der Waals surface area (Å²) in [5.74, 6) is 0.272. The molecule has 0 saturated carbocycles. The highest BCUT2D eigenvalue weighted by atomic mass is 19.1. The highest BCUT2D eigenvalue weighted by molar-refractivity contribution is 5.83. The van der Waals surface area contributed by atoms with E-state index in [9.17, 15) is 4.39 Å². The van der Waals surface area contributed by atoms with Crippen molar-refractivity contribution in [1.29, 1.82) is 5.26 Å². The highest BCUT2D eigenvalue weighted by Crippen LogP contribution is 2.19. The largest absolute Gasteiger partial charge is 0.488 e. The summed E-state index contributed by atoms with van der Waals surface area (Å²) >= 11 is 0. The summed E-state index contributed by atoms with van der Waals surface area (Å²) in [6, 6.07) is 23.1. The number of halogens is 1. The number of nitrogens with zero attached hydrogens (tertiary/aromatic N) is 2. The van der Waals surface area contributed by atoms with Gasteiger partial charge in [-0.2, -0.15) is 5.26 Å². The summed E-state index contributed by atoms with van der Waals surface area (Å²) in [6.07, 6.45) is 1.53. The van der Waals surface area contributed by atoms with Crippen LogP contribution < -0.4 is 4.74 Å². The Bertz CT molecular complexity index is 980. The fraction of sp³-hybridized carbons (Fsp3) is 0.0909. The van der Waals surface area contributed by atoms with Crippen molar-refractivity contribution in [3.63, 3.8) is 0 Å². The first-order valence-corrected chi connectivity index (χ1v) is 8.36. The molecular formula is C22H17FN2O2. The lowest BCUT2D eigenvalue weighted by atomic mass is 10.1. The topological polar surface area (TPSA) is 54.6 Å². The van der Waals surface area contributed by atoms with Crippen LogP contribution in [0.4, 0.5) is 4.39 Å². The Balaban J connectivity index is 1.63. The van der Waals surface area contributed by atoms with Gasteiger partial charge >= 0.3 is 0 Å². The minimum atomic E-state index is -0.303. The zero-order chi connectivity index (χ0) is 18.9. The summed E-state index contributed by atoms with van der Waals surface area (Å²) in [4.78, 5) is 5.31. The van der Waals surface area contributed by atoms with Gasteiger partial charge in [-0.1, -0.05) is 53.7 Å². The number of hydrogen-bond donors (Lipinski definition) is 0. The average molecular weight is 360 g/mol. The third kappa shape index (κ3) is 4.93. The molecule has 0 radical (unpaired) electrons. The van der Waals surface area contributed by atoms with Crippen LogP contribution in [0.1, 0.15) is 22.3 Å². The van der Waals surface area contributed by atoms with Gasteiger partial charge in [0.2, 0.25) is 0 Å². The molecule has 0 aliphatic carbocycles. The lowest BCUT2D eigenvalue weighted by Crippen LogP contribution is -2.00. The predicted octanol–water partition coefficient (Wildman–Crippen LogP) is 4.83. The van der Waals surface area contributed by atoms with Gasteiger partial charge in [0.1, 0.15) is 24.8 Å². The van der Waals surface area contributed by atoms with Crippen molar-refractivity contribution in [3.8, 4) is 11.8 Å². The van der Waals surface area contributed by atoms with Crippen LogP contribution in [0.2, 0.25) is 0 Å². The Morgan fingerprint density at radius 3 is 2.41 bits per heavy atom. The molecule has 5 heteroatoms. The van der Waals surface area contributed by atoms with Gasteiger partial charge in [0.05, 0.1) is 17.8 Å². The number of para-hydroxylation sites is 1. The molecule has 0 fully saturated rings. The molecule has 0 bridgehead atoms. The zero-order valence-electron chi connectivity index (χ0n) is 14.5. The van der Waals surface area contributed by atoms with Gasteiger partial charge in [-0.3, -0.25) is 0 Å². The van der Waals surface area contributed by atoms with Gasteiger partial charge < -0.3 is 9.57 Å². The van der Waals surface area contributed by atoms with E-state index in [4.69, 9.17) is 14.8 Å². The second-order valence-corrected chi connectivity index (χ2v) is 5.69. The Hall–Kier alpha value is -3.65. The van der Waals surface area contributed by atoms with Gasteiger partial charge in [-0.25, -0.2) is 4.39 Å². The van der Waals surface area contributed by atoms with E-state index < -0.39 is 0 Å². The average Bonchev–Trinajstić information content (AvgIpc) is 2.71. The first kappa shape index (κ1) is 18.2. The van der Waals surface area contributed by atoms with Crippen LogP contribution in [0.15, 0.2) is 78.0 Å². The van der Waals surface area contributed by atoms with E-state index in [1.165, 1.54) is 12.3 Å². The monoisotopic (exact) mass is 360 g/mol. The molecule has 3 rings (SSSR count). The van der Waals surface area contributed by atoms with Crippen molar-refractivity contribution in [3.05, 3.63) is 101 Å². The quantitative estimate of drug-likeness (QED) is 0.448. The zero-order valence-corrected chi connectivity index (χ0v) is 14.5. The normalized spacial score (nSPS) is 10.5. The van der Waals surface area contributed by atoms with E-state index in [2.05, 4.69) is 11.2 Å². The molecule has 0 spiro atoms. The maximum Gasteiger partial charge on any atom is 0.143 e. The SMILES string of the molecule is N#Cc1ccccc1CO/N=C\c1ccccc1OCc1ccccc1F. The maximum atomic E-state index is 13.7. The van der Waals surface area contributed by atoms with Gasteiger partial charge in [0.25, 0.3) is 0 Å². The van der Waals surface area contributed by atoms with Gasteiger partial charge in [0.15, 0.2) is 0 Å². The van der Waals surface area contributed by atoms with Crippen LogP contribution in [-0.4, -0.2) is 6.21 Å². The molecule has 0 amide bonds. The number of benzene rings is 3. The Morgan fingerprint density at radius 2 is 1.59 bits per heavy atom. The molecule has 0 heterocycles. The highest BCUT2D eigenvalue weighted by Gasteiger charge is 2.05. The molecule has 0 aromatic heterocycles. The Labute approximate surface area is 157 Å². The van der Waals surface area contributed by atoms with Gasteiger partial charge in [0, 0.05) is 16.7 Å². The second-order valence-electron chi connectivity index (χ2n) is 5.69. The van der Waals surface area contributed by atoms with E-state index in [1.807, 2.05) is 30.3 Å². The number of rotatable bonds is 7. The molecular weight excluding hydrogens is 343 g/mol. The first-order chi connectivity index (χ1) is 13.3. The maximum absolute atomic E-state index is 13.7.